The fourth-order valence-corrected chi connectivity index (χ4v) is 0.559. The fourth-order valence-electron chi connectivity index (χ4n) is 0.338. The maximum absolute atomic E-state index is 10.5. The summed E-state index contributed by atoms with van der Waals surface area (Å²) in [5, 5.41) is 0. The van der Waals surface area contributed by atoms with E-state index in [2.05, 4.69) is 27.3 Å². The monoisotopic (exact) mass is 240 g/mol. The highest BCUT2D eigenvalue weighted by molar-refractivity contribution is 14.1. The van der Waals surface area contributed by atoms with E-state index in [0.29, 0.717) is 6.42 Å². The smallest absolute Gasteiger partial charge is 0.309 e. The minimum Gasteiger partial charge on any atom is -0.469 e. The highest BCUT2D eigenvalue weighted by Gasteiger charge is 1.98. The zero-order chi connectivity index (χ0) is 7.28. The molecule has 0 rings (SSSR count). The van der Waals surface area contributed by atoms with Crippen molar-refractivity contribution in [2.24, 2.45) is 0 Å². The molecule has 0 amide bonds. The number of hydrogen-bond acceptors (Lipinski definition) is 2. The molecule has 0 heterocycles. The number of ether oxygens (including phenoxy) is 1. The molecule has 0 aliphatic carbocycles. The molecule has 0 saturated carbocycles. The van der Waals surface area contributed by atoms with Crippen LogP contribution in [0.3, 0.4) is 0 Å². The molecule has 0 atom stereocenters. The Bertz CT molecular complexity index is 129. The molecule has 0 saturated heterocycles. The molecule has 0 radical (unpaired) electrons. The summed E-state index contributed by atoms with van der Waals surface area (Å²) in [6.07, 6.45) is 0.402. The summed E-state index contributed by atoms with van der Waals surface area (Å²) in [5.41, 5.74) is 1.03. The Balaban J connectivity index is 3.60. The number of halogens is 1. The SMILES string of the molecule is COC(=O)CC(C)=CI. The minimum atomic E-state index is -0.180. The van der Waals surface area contributed by atoms with Gasteiger partial charge in [0.2, 0.25) is 0 Å². The van der Waals surface area contributed by atoms with Crippen molar-refractivity contribution in [3.05, 3.63) is 9.66 Å². The summed E-state index contributed by atoms with van der Waals surface area (Å²) >= 11 is 2.09. The van der Waals surface area contributed by atoms with Crippen LogP contribution in [0.2, 0.25) is 0 Å². The van der Waals surface area contributed by atoms with Gasteiger partial charge in [0.25, 0.3) is 0 Å². The van der Waals surface area contributed by atoms with Gasteiger partial charge in [0.15, 0.2) is 0 Å². The summed E-state index contributed by atoms with van der Waals surface area (Å²) in [4.78, 5) is 10.5. The molecule has 0 aliphatic rings. The first kappa shape index (κ1) is 8.94. The first-order valence-corrected chi connectivity index (χ1v) is 3.78. The normalized spacial score (nSPS) is 11.2. The highest BCUT2D eigenvalue weighted by Crippen LogP contribution is 2.03. The van der Waals surface area contributed by atoms with E-state index < -0.39 is 0 Å². The van der Waals surface area contributed by atoms with Crippen molar-refractivity contribution < 1.29 is 9.53 Å². The summed E-state index contributed by atoms with van der Waals surface area (Å²) in [5.74, 6) is -0.180. The number of carbonyl (C=O) groups excluding carboxylic acids is 1. The fraction of sp³-hybridized carbons (Fsp3) is 0.500. The van der Waals surface area contributed by atoms with Crippen molar-refractivity contribution in [2.45, 2.75) is 13.3 Å². The molecule has 2 nitrogen and oxygen atoms in total. The summed E-state index contributed by atoms with van der Waals surface area (Å²) < 4.78 is 6.31. The van der Waals surface area contributed by atoms with Crippen LogP contribution in [-0.2, 0) is 9.53 Å². The van der Waals surface area contributed by atoms with E-state index in [9.17, 15) is 4.79 Å². The van der Waals surface area contributed by atoms with Gasteiger partial charge in [-0.25, -0.2) is 0 Å². The van der Waals surface area contributed by atoms with Crippen molar-refractivity contribution in [2.75, 3.05) is 7.11 Å². The van der Waals surface area contributed by atoms with Gasteiger partial charge in [-0.2, -0.15) is 0 Å². The number of methoxy groups -OCH3 is 1. The van der Waals surface area contributed by atoms with Gasteiger partial charge in [-0.05, 0) is 11.0 Å². The topological polar surface area (TPSA) is 26.3 Å². The molecule has 0 aliphatic heterocycles. The maximum Gasteiger partial charge on any atom is 0.309 e. The Morgan fingerprint density at radius 3 is 2.67 bits per heavy atom. The van der Waals surface area contributed by atoms with Gasteiger partial charge in [0.05, 0.1) is 13.5 Å². The van der Waals surface area contributed by atoms with Crippen LogP contribution in [-0.4, -0.2) is 13.1 Å². The molecular formula is C6H9IO2. The van der Waals surface area contributed by atoms with E-state index >= 15 is 0 Å². The standard InChI is InChI=1S/C6H9IO2/c1-5(4-7)3-6(8)9-2/h4H,3H2,1-2H3. The molecule has 9 heavy (non-hydrogen) atoms. The zero-order valence-corrected chi connectivity index (χ0v) is 7.64. The summed E-state index contributed by atoms with van der Waals surface area (Å²) in [6.45, 7) is 1.89. The van der Waals surface area contributed by atoms with Crippen LogP contribution in [0.25, 0.3) is 0 Å². The van der Waals surface area contributed by atoms with Gasteiger partial charge in [-0.3, -0.25) is 4.79 Å². The van der Waals surface area contributed by atoms with Crippen molar-refractivity contribution >= 4 is 28.6 Å². The number of esters is 1. The molecule has 0 unspecified atom stereocenters. The summed E-state index contributed by atoms with van der Waals surface area (Å²) in [6, 6.07) is 0. The van der Waals surface area contributed by atoms with Crippen LogP contribution >= 0.6 is 22.6 Å². The minimum absolute atomic E-state index is 0.180. The predicted octanol–water partition coefficient (Wildman–Crippen LogP) is 1.89. The number of rotatable bonds is 2. The van der Waals surface area contributed by atoms with Gasteiger partial charge in [0, 0.05) is 0 Å². The Morgan fingerprint density at radius 2 is 2.33 bits per heavy atom. The lowest BCUT2D eigenvalue weighted by Gasteiger charge is -1.95. The van der Waals surface area contributed by atoms with Gasteiger partial charge in [-0.15, -0.1) is 0 Å². The van der Waals surface area contributed by atoms with Gasteiger partial charge in [0.1, 0.15) is 0 Å². The highest BCUT2D eigenvalue weighted by atomic mass is 127. The van der Waals surface area contributed by atoms with Gasteiger partial charge >= 0.3 is 5.97 Å². The van der Waals surface area contributed by atoms with Crippen LogP contribution in [0.4, 0.5) is 0 Å². The van der Waals surface area contributed by atoms with E-state index in [0.717, 1.165) is 5.57 Å². The van der Waals surface area contributed by atoms with Gasteiger partial charge in [-0.1, -0.05) is 28.2 Å². The third kappa shape index (κ3) is 4.44. The van der Waals surface area contributed by atoms with E-state index in [-0.39, 0.29) is 5.97 Å². The Labute approximate surface area is 68.4 Å². The number of hydrogen-bond donors (Lipinski definition) is 0. The zero-order valence-electron chi connectivity index (χ0n) is 5.48. The largest absolute Gasteiger partial charge is 0.469 e. The van der Waals surface area contributed by atoms with Crippen LogP contribution in [0, 0.1) is 0 Å². The molecule has 0 spiro atoms. The molecule has 0 aromatic rings. The predicted molar refractivity (Wildman–Crippen MR) is 44.4 cm³/mol. The molecule has 0 bridgehead atoms. The Kier molecular flexibility index (Phi) is 4.75. The maximum atomic E-state index is 10.5. The lowest BCUT2D eigenvalue weighted by molar-refractivity contribution is -0.139. The van der Waals surface area contributed by atoms with Crippen LogP contribution in [0.1, 0.15) is 13.3 Å². The second-order valence-corrected chi connectivity index (χ2v) is 2.33. The van der Waals surface area contributed by atoms with Crippen LogP contribution in [0.5, 0.6) is 0 Å². The molecular weight excluding hydrogens is 231 g/mol. The van der Waals surface area contributed by atoms with Gasteiger partial charge < -0.3 is 4.74 Å². The Morgan fingerprint density at radius 1 is 1.78 bits per heavy atom. The average Bonchev–Trinajstić information content (AvgIpc) is 1.87. The third-order valence-electron chi connectivity index (χ3n) is 0.837. The quantitative estimate of drug-likeness (QED) is 0.544. The lowest BCUT2D eigenvalue weighted by Crippen LogP contribution is -1.99. The van der Waals surface area contributed by atoms with Crippen molar-refractivity contribution in [3.8, 4) is 0 Å². The number of carbonyl (C=O) groups is 1. The second kappa shape index (κ2) is 4.78. The Hall–Kier alpha value is -0.0600. The van der Waals surface area contributed by atoms with Crippen molar-refractivity contribution in [3.63, 3.8) is 0 Å². The lowest BCUT2D eigenvalue weighted by atomic mass is 10.2. The van der Waals surface area contributed by atoms with E-state index in [4.69, 9.17) is 0 Å². The van der Waals surface area contributed by atoms with E-state index in [1.165, 1.54) is 7.11 Å². The first-order chi connectivity index (χ1) is 4.20. The van der Waals surface area contributed by atoms with Crippen LogP contribution < -0.4 is 0 Å². The molecule has 0 aromatic heterocycles. The molecule has 0 aromatic carbocycles. The second-order valence-electron chi connectivity index (χ2n) is 1.71. The third-order valence-corrected chi connectivity index (χ3v) is 1.90. The van der Waals surface area contributed by atoms with Crippen molar-refractivity contribution in [1.29, 1.82) is 0 Å². The molecule has 52 valence electrons. The summed E-state index contributed by atoms with van der Waals surface area (Å²) in [7, 11) is 1.39. The molecule has 3 heteroatoms. The molecule has 0 N–H and O–H groups in total. The first-order valence-electron chi connectivity index (χ1n) is 2.53. The van der Waals surface area contributed by atoms with Crippen LogP contribution in [0.15, 0.2) is 9.66 Å². The van der Waals surface area contributed by atoms with E-state index in [1.807, 2.05) is 11.0 Å². The van der Waals surface area contributed by atoms with Crippen molar-refractivity contribution in [1.82, 2.24) is 0 Å². The average molecular weight is 240 g/mol. The van der Waals surface area contributed by atoms with E-state index in [1.54, 1.807) is 0 Å². The molecule has 0 fully saturated rings.